The monoisotopic (exact) mass is 230 g/mol. The second-order valence-corrected chi connectivity index (χ2v) is 5.55. The van der Waals surface area contributed by atoms with Crippen LogP contribution in [0.4, 0.5) is 5.69 Å². The van der Waals surface area contributed by atoms with Crippen molar-refractivity contribution in [2.24, 2.45) is 11.8 Å². The molecule has 92 valence electrons. The van der Waals surface area contributed by atoms with Gasteiger partial charge in [0, 0.05) is 25.3 Å². The molecule has 2 fully saturated rings. The summed E-state index contributed by atoms with van der Waals surface area (Å²) < 4.78 is 0. The highest BCUT2D eigenvalue weighted by Gasteiger charge is 2.35. The zero-order chi connectivity index (χ0) is 11.7. The SMILES string of the molecule is CNCc1ccc(N2CC3CCCC3C2)cc1. The molecule has 0 spiro atoms. The Bertz CT molecular complexity index is 359. The van der Waals surface area contributed by atoms with Gasteiger partial charge in [0.25, 0.3) is 0 Å². The maximum Gasteiger partial charge on any atom is 0.0366 e. The van der Waals surface area contributed by atoms with E-state index in [0.29, 0.717) is 0 Å². The maximum atomic E-state index is 3.19. The summed E-state index contributed by atoms with van der Waals surface area (Å²) in [4.78, 5) is 2.58. The summed E-state index contributed by atoms with van der Waals surface area (Å²) in [6.07, 6.45) is 4.38. The smallest absolute Gasteiger partial charge is 0.0366 e. The van der Waals surface area contributed by atoms with Gasteiger partial charge in [0.05, 0.1) is 0 Å². The van der Waals surface area contributed by atoms with Crippen molar-refractivity contribution in [3.05, 3.63) is 29.8 Å². The quantitative estimate of drug-likeness (QED) is 0.858. The molecule has 1 aromatic carbocycles. The van der Waals surface area contributed by atoms with Crippen molar-refractivity contribution in [1.82, 2.24) is 5.32 Å². The van der Waals surface area contributed by atoms with E-state index in [2.05, 4.69) is 34.5 Å². The average molecular weight is 230 g/mol. The van der Waals surface area contributed by atoms with Crippen LogP contribution in [0.2, 0.25) is 0 Å². The number of nitrogens with zero attached hydrogens (tertiary/aromatic N) is 1. The molecular formula is C15H22N2. The number of benzene rings is 1. The fourth-order valence-corrected chi connectivity index (χ4v) is 3.47. The van der Waals surface area contributed by atoms with Crippen molar-refractivity contribution >= 4 is 5.69 Å². The van der Waals surface area contributed by atoms with E-state index in [9.17, 15) is 0 Å². The van der Waals surface area contributed by atoms with Crippen LogP contribution in [0.3, 0.4) is 0 Å². The number of fused-ring (bicyclic) bond motifs is 1. The van der Waals surface area contributed by atoms with Crippen molar-refractivity contribution in [1.29, 1.82) is 0 Å². The van der Waals surface area contributed by atoms with Crippen molar-refractivity contribution in [3.63, 3.8) is 0 Å². The topological polar surface area (TPSA) is 15.3 Å². The highest BCUT2D eigenvalue weighted by atomic mass is 15.2. The summed E-state index contributed by atoms with van der Waals surface area (Å²) >= 11 is 0. The molecule has 0 amide bonds. The second-order valence-electron chi connectivity index (χ2n) is 5.55. The number of nitrogens with one attached hydrogen (secondary N) is 1. The van der Waals surface area contributed by atoms with Crippen LogP contribution in [0.15, 0.2) is 24.3 Å². The third-order valence-electron chi connectivity index (χ3n) is 4.41. The van der Waals surface area contributed by atoms with E-state index in [-0.39, 0.29) is 0 Å². The fourth-order valence-electron chi connectivity index (χ4n) is 3.47. The Kier molecular flexibility index (Phi) is 3.06. The Morgan fingerprint density at radius 1 is 1.12 bits per heavy atom. The first-order chi connectivity index (χ1) is 8.36. The van der Waals surface area contributed by atoms with Crippen molar-refractivity contribution in [2.75, 3.05) is 25.0 Å². The minimum absolute atomic E-state index is 0.964. The molecule has 2 atom stereocenters. The van der Waals surface area contributed by atoms with Crippen LogP contribution < -0.4 is 10.2 Å². The molecular weight excluding hydrogens is 208 g/mol. The third-order valence-corrected chi connectivity index (χ3v) is 4.41. The summed E-state index contributed by atoms with van der Waals surface area (Å²) in [6, 6.07) is 9.07. The Balaban J connectivity index is 1.68. The van der Waals surface area contributed by atoms with E-state index in [4.69, 9.17) is 0 Å². The molecule has 2 aliphatic rings. The van der Waals surface area contributed by atoms with E-state index in [0.717, 1.165) is 18.4 Å². The Labute approximate surface area is 104 Å². The van der Waals surface area contributed by atoms with Crippen LogP contribution in [-0.4, -0.2) is 20.1 Å². The standard InChI is InChI=1S/C15H22N2/c1-16-9-12-5-7-15(8-6-12)17-10-13-3-2-4-14(13)11-17/h5-8,13-14,16H,2-4,9-11H2,1H3. The van der Waals surface area contributed by atoms with Crippen LogP contribution in [0.25, 0.3) is 0 Å². The van der Waals surface area contributed by atoms with Gasteiger partial charge in [-0.05, 0) is 49.4 Å². The van der Waals surface area contributed by atoms with E-state index < -0.39 is 0 Å². The first-order valence-corrected chi connectivity index (χ1v) is 6.85. The maximum absolute atomic E-state index is 3.19. The molecule has 2 unspecified atom stereocenters. The van der Waals surface area contributed by atoms with E-state index in [1.165, 1.54) is 43.6 Å². The molecule has 17 heavy (non-hydrogen) atoms. The van der Waals surface area contributed by atoms with Crippen molar-refractivity contribution in [2.45, 2.75) is 25.8 Å². The van der Waals surface area contributed by atoms with E-state index in [1.807, 2.05) is 7.05 Å². The summed E-state index contributed by atoms with van der Waals surface area (Å²) in [6.45, 7) is 3.54. The Morgan fingerprint density at radius 2 is 1.76 bits per heavy atom. The molecule has 0 bridgehead atoms. The minimum Gasteiger partial charge on any atom is -0.371 e. The molecule has 2 nitrogen and oxygen atoms in total. The van der Waals surface area contributed by atoms with Gasteiger partial charge < -0.3 is 10.2 Å². The zero-order valence-electron chi connectivity index (χ0n) is 10.7. The summed E-state index contributed by atoms with van der Waals surface area (Å²) in [5, 5.41) is 3.19. The van der Waals surface area contributed by atoms with Crippen molar-refractivity contribution < 1.29 is 0 Å². The lowest BCUT2D eigenvalue weighted by Gasteiger charge is -2.19. The third kappa shape index (κ3) is 2.19. The Hall–Kier alpha value is -1.02. The molecule has 0 aromatic heterocycles. The average Bonchev–Trinajstić information content (AvgIpc) is 2.90. The molecule has 1 saturated carbocycles. The first-order valence-electron chi connectivity index (χ1n) is 6.85. The van der Waals surface area contributed by atoms with Gasteiger partial charge >= 0.3 is 0 Å². The van der Waals surface area contributed by atoms with Crippen LogP contribution in [0.1, 0.15) is 24.8 Å². The molecule has 2 heteroatoms. The summed E-state index contributed by atoms with van der Waals surface area (Å²) in [7, 11) is 2.00. The molecule has 1 N–H and O–H groups in total. The second kappa shape index (κ2) is 4.69. The van der Waals surface area contributed by atoms with Gasteiger partial charge in [0.2, 0.25) is 0 Å². The van der Waals surface area contributed by atoms with Crippen LogP contribution in [0, 0.1) is 11.8 Å². The number of hydrogen-bond donors (Lipinski definition) is 1. The molecule has 1 heterocycles. The summed E-state index contributed by atoms with van der Waals surface area (Å²) in [5.74, 6) is 1.96. The van der Waals surface area contributed by atoms with Gasteiger partial charge in [-0.15, -0.1) is 0 Å². The van der Waals surface area contributed by atoms with Gasteiger partial charge in [0.15, 0.2) is 0 Å². The van der Waals surface area contributed by atoms with E-state index >= 15 is 0 Å². The zero-order valence-corrected chi connectivity index (χ0v) is 10.7. The normalized spacial score (nSPS) is 27.5. The predicted molar refractivity (Wildman–Crippen MR) is 72.2 cm³/mol. The molecule has 3 rings (SSSR count). The molecule has 1 aromatic rings. The van der Waals surface area contributed by atoms with Crippen molar-refractivity contribution in [3.8, 4) is 0 Å². The number of rotatable bonds is 3. The first kappa shape index (κ1) is 11.1. The number of anilines is 1. The van der Waals surface area contributed by atoms with Gasteiger partial charge in [-0.2, -0.15) is 0 Å². The minimum atomic E-state index is 0.964. The van der Waals surface area contributed by atoms with Crippen LogP contribution >= 0.6 is 0 Å². The van der Waals surface area contributed by atoms with Gasteiger partial charge in [-0.25, -0.2) is 0 Å². The lowest BCUT2D eigenvalue weighted by Crippen LogP contribution is -2.20. The Morgan fingerprint density at radius 3 is 2.35 bits per heavy atom. The van der Waals surface area contributed by atoms with Crippen LogP contribution in [-0.2, 0) is 6.54 Å². The number of hydrogen-bond acceptors (Lipinski definition) is 2. The highest BCUT2D eigenvalue weighted by molar-refractivity contribution is 5.49. The fraction of sp³-hybridized carbons (Fsp3) is 0.600. The van der Waals surface area contributed by atoms with Gasteiger partial charge in [0.1, 0.15) is 0 Å². The van der Waals surface area contributed by atoms with Crippen LogP contribution in [0.5, 0.6) is 0 Å². The summed E-state index contributed by atoms with van der Waals surface area (Å²) in [5.41, 5.74) is 2.79. The predicted octanol–water partition coefficient (Wildman–Crippen LogP) is 2.64. The largest absolute Gasteiger partial charge is 0.371 e. The molecule has 0 radical (unpaired) electrons. The lowest BCUT2D eigenvalue weighted by atomic mass is 10.0. The molecule has 1 aliphatic heterocycles. The molecule has 1 aliphatic carbocycles. The molecule has 1 saturated heterocycles. The highest BCUT2D eigenvalue weighted by Crippen LogP contribution is 2.39. The van der Waals surface area contributed by atoms with E-state index in [1.54, 1.807) is 0 Å². The van der Waals surface area contributed by atoms with Gasteiger partial charge in [-0.3, -0.25) is 0 Å². The lowest BCUT2D eigenvalue weighted by molar-refractivity contribution is 0.494. The van der Waals surface area contributed by atoms with Gasteiger partial charge in [-0.1, -0.05) is 18.6 Å².